The predicted molar refractivity (Wildman–Crippen MR) is 52.3 cm³/mol. The molecule has 1 unspecified atom stereocenters. The number of carbonyl (C=O) groups is 1. The number of hydrogen-bond acceptors (Lipinski definition) is 3. The van der Waals surface area contributed by atoms with E-state index < -0.39 is 0 Å². The normalized spacial score (nSPS) is 26.4. The van der Waals surface area contributed by atoms with Crippen LogP contribution in [0.3, 0.4) is 0 Å². The van der Waals surface area contributed by atoms with Crippen molar-refractivity contribution in [2.24, 2.45) is 5.73 Å². The van der Waals surface area contributed by atoms with Gasteiger partial charge in [0, 0.05) is 12.5 Å². The first-order chi connectivity index (χ1) is 6.22. The zero-order valence-corrected chi connectivity index (χ0v) is 11.3. The quantitative estimate of drug-likeness (QED) is 0.465. The molecular weight excluding hydrogens is 189 g/mol. The smallest absolute Gasteiger partial charge is 1.00 e. The molecule has 4 heteroatoms. The summed E-state index contributed by atoms with van der Waals surface area (Å²) in [6.07, 6.45) is 5.47. The molecule has 0 aromatic carbocycles. The molecule has 1 aliphatic carbocycles. The molecule has 0 aromatic rings. The van der Waals surface area contributed by atoms with Crippen LogP contribution in [0.5, 0.6) is 0 Å². The summed E-state index contributed by atoms with van der Waals surface area (Å²) >= 11 is 0. The van der Waals surface area contributed by atoms with E-state index in [2.05, 4.69) is 0 Å². The summed E-state index contributed by atoms with van der Waals surface area (Å²) in [5.41, 5.74) is 5.78. The summed E-state index contributed by atoms with van der Waals surface area (Å²) in [4.78, 5) is 11.2. The molecule has 2 atom stereocenters. The largest absolute Gasteiger partial charge is 1.00 e. The van der Waals surface area contributed by atoms with E-state index in [0.29, 0.717) is 6.42 Å². The van der Waals surface area contributed by atoms with Crippen LogP contribution in [0.15, 0.2) is 0 Å². The van der Waals surface area contributed by atoms with Crippen LogP contribution < -0.4 is 35.3 Å². The molecule has 0 amide bonds. The van der Waals surface area contributed by atoms with E-state index >= 15 is 0 Å². The molecule has 0 bridgehead atoms. The molecule has 0 aliphatic heterocycles. The molecule has 1 aliphatic rings. The van der Waals surface area contributed by atoms with Gasteiger partial charge in [-0.15, -0.1) is 0 Å². The van der Waals surface area contributed by atoms with Crippen LogP contribution in [0.2, 0.25) is 0 Å². The molecule has 1 rings (SSSR count). The summed E-state index contributed by atoms with van der Waals surface area (Å²) in [6.45, 7) is 1.98. The number of ether oxygens (including phenoxy) is 1. The maximum Gasteiger partial charge on any atom is 1.00 e. The SMILES string of the molecule is CCCC(=O)OC1CCC[C@@H](N)C1.[H-].[Na+]. The molecule has 0 radical (unpaired) electrons. The van der Waals surface area contributed by atoms with Crippen LogP contribution in [0.25, 0.3) is 0 Å². The maximum atomic E-state index is 11.2. The second kappa shape index (κ2) is 7.69. The van der Waals surface area contributed by atoms with Gasteiger partial charge in [0.15, 0.2) is 0 Å². The van der Waals surface area contributed by atoms with Gasteiger partial charge in [-0.25, -0.2) is 0 Å². The Bertz CT molecular complexity index is 181. The Morgan fingerprint density at radius 3 is 2.86 bits per heavy atom. The third-order valence-electron chi connectivity index (χ3n) is 2.42. The number of rotatable bonds is 3. The van der Waals surface area contributed by atoms with E-state index in [1.807, 2.05) is 6.92 Å². The summed E-state index contributed by atoms with van der Waals surface area (Å²) in [7, 11) is 0. The second-order valence-corrected chi connectivity index (χ2v) is 3.79. The average Bonchev–Trinajstić information content (AvgIpc) is 2.04. The van der Waals surface area contributed by atoms with E-state index in [-0.39, 0.29) is 49.1 Å². The van der Waals surface area contributed by atoms with Crippen molar-refractivity contribution in [2.45, 2.75) is 57.6 Å². The van der Waals surface area contributed by atoms with Crippen molar-refractivity contribution in [3.05, 3.63) is 0 Å². The van der Waals surface area contributed by atoms with Crippen molar-refractivity contribution < 1.29 is 40.5 Å². The fourth-order valence-electron chi connectivity index (χ4n) is 1.74. The van der Waals surface area contributed by atoms with Crippen LogP contribution in [0, 0.1) is 0 Å². The summed E-state index contributed by atoms with van der Waals surface area (Å²) < 4.78 is 5.28. The fraction of sp³-hybridized carbons (Fsp3) is 0.900. The Labute approximate surface area is 110 Å². The Hall–Kier alpha value is 0.430. The zero-order valence-electron chi connectivity index (χ0n) is 10.3. The van der Waals surface area contributed by atoms with E-state index in [1.54, 1.807) is 0 Å². The Morgan fingerprint density at radius 1 is 1.57 bits per heavy atom. The molecule has 78 valence electrons. The second-order valence-electron chi connectivity index (χ2n) is 3.79. The van der Waals surface area contributed by atoms with Gasteiger partial charge in [-0.3, -0.25) is 4.79 Å². The molecule has 0 aromatic heterocycles. The number of esters is 1. The van der Waals surface area contributed by atoms with Gasteiger partial charge in [0.2, 0.25) is 0 Å². The summed E-state index contributed by atoms with van der Waals surface area (Å²) in [5.74, 6) is -0.0680. The molecular formula is C10H20NNaO2. The Morgan fingerprint density at radius 2 is 2.29 bits per heavy atom. The van der Waals surface area contributed by atoms with Gasteiger partial charge >= 0.3 is 35.5 Å². The molecule has 14 heavy (non-hydrogen) atoms. The summed E-state index contributed by atoms with van der Waals surface area (Å²) in [5, 5.41) is 0. The van der Waals surface area contributed by atoms with Gasteiger partial charge in [0.25, 0.3) is 0 Å². The van der Waals surface area contributed by atoms with Crippen LogP contribution in [0.1, 0.15) is 46.9 Å². The topological polar surface area (TPSA) is 52.3 Å². The number of nitrogens with two attached hydrogens (primary N) is 1. The standard InChI is InChI=1S/C10H19NO2.Na.H/c1-2-4-10(12)13-9-6-3-5-8(11)7-9;;/h8-9H,2-7,11H2,1H3;;/q;+1;-1/t8-,9?;;/m1../s1. The van der Waals surface area contributed by atoms with Gasteiger partial charge < -0.3 is 11.9 Å². The minimum Gasteiger partial charge on any atom is -1.00 e. The van der Waals surface area contributed by atoms with Crippen LogP contribution in [-0.2, 0) is 9.53 Å². The minimum absolute atomic E-state index is 0. The molecule has 1 saturated carbocycles. The first-order valence-corrected chi connectivity index (χ1v) is 5.17. The van der Waals surface area contributed by atoms with E-state index in [1.165, 1.54) is 0 Å². The number of hydrogen-bond donors (Lipinski definition) is 1. The van der Waals surface area contributed by atoms with E-state index in [0.717, 1.165) is 32.1 Å². The van der Waals surface area contributed by atoms with Gasteiger partial charge in [-0.1, -0.05) is 6.92 Å². The van der Waals surface area contributed by atoms with Crippen molar-refractivity contribution in [1.29, 1.82) is 0 Å². The van der Waals surface area contributed by atoms with Crippen LogP contribution >= 0.6 is 0 Å². The number of carbonyl (C=O) groups excluding carboxylic acids is 1. The van der Waals surface area contributed by atoms with Crippen molar-refractivity contribution in [1.82, 2.24) is 0 Å². The maximum absolute atomic E-state index is 11.2. The molecule has 1 fully saturated rings. The van der Waals surface area contributed by atoms with Crippen molar-refractivity contribution in [2.75, 3.05) is 0 Å². The fourth-order valence-corrected chi connectivity index (χ4v) is 1.74. The zero-order chi connectivity index (χ0) is 9.68. The Kier molecular flexibility index (Phi) is 7.92. The van der Waals surface area contributed by atoms with Gasteiger partial charge in [0.05, 0.1) is 0 Å². The first-order valence-electron chi connectivity index (χ1n) is 5.17. The monoisotopic (exact) mass is 209 g/mol. The van der Waals surface area contributed by atoms with Crippen molar-refractivity contribution in [3.8, 4) is 0 Å². The van der Waals surface area contributed by atoms with Gasteiger partial charge in [-0.2, -0.15) is 0 Å². The minimum atomic E-state index is -0.0680. The van der Waals surface area contributed by atoms with Crippen molar-refractivity contribution in [3.63, 3.8) is 0 Å². The Balaban J connectivity index is 0. The summed E-state index contributed by atoms with van der Waals surface area (Å²) in [6, 6.07) is 0.230. The van der Waals surface area contributed by atoms with Gasteiger partial charge in [0.1, 0.15) is 6.10 Å². The average molecular weight is 209 g/mol. The molecule has 0 heterocycles. The molecule has 3 nitrogen and oxygen atoms in total. The third kappa shape index (κ3) is 5.35. The van der Waals surface area contributed by atoms with Crippen LogP contribution in [-0.4, -0.2) is 18.1 Å². The van der Waals surface area contributed by atoms with Crippen LogP contribution in [0.4, 0.5) is 0 Å². The first kappa shape index (κ1) is 14.4. The van der Waals surface area contributed by atoms with Gasteiger partial charge in [-0.05, 0) is 32.1 Å². The molecule has 2 N–H and O–H groups in total. The third-order valence-corrected chi connectivity index (χ3v) is 2.42. The molecule has 0 saturated heterocycles. The predicted octanol–water partition coefficient (Wildman–Crippen LogP) is -1.28. The van der Waals surface area contributed by atoms with E-state index in [4.69, 9.17) is 10.5 Å². The van der Waals surface area contributed by atoms with Crippen molar-refractivity contribution >= 4 is 5.97 Å². The molecule has 0 spiro atoms. The van der Waals surface area contributed by atoms with E-state index in [9.17, 15) is 4.79 Å².